The number of hydrogen-bond acceptors (Lipinski definition) is 4. The highest BCUT2D eigenvalue weighted by Crippen LogP contribution is 2.38. The second-order valence-electron chi connectivity index (χ2n) is 4.10. The summed E-state index contributed by atoms with van der Waals surface area (Å²) in [5.74, 6) is -1.85. The summed E-state index contributed by atoms with van der Waals surface area (Å²) >= 11 is 0. The van der Waals surface area contributed by atoms with E-state index in [0.29, 0.717) is 19.5 Å². The summed E-state index contributed by atoms with van der Waals surface area (Å²) in [6, 6.07) is 0. The van der Waals surface area contributed by atoms with Crippen LogP contribution in [0.25, 0.3) is 0 Å². The largest absolute Gasteiger partial charge is 0.481 e. The van der Waals surface area contributed by atoms with Gasteiger partial charge in [0, 0.05) is 19.3 Å². The maximum absolute atomic E-state index is 11.5. The van der Waals surface area contributed by atoms with Crippen molar-refractivity contribution in [2.75, 3.05) is 6.54 Å². The molecule has 2 N–H and O–H groups in total. The van der Waals surface area contributed by atoms with Crippen LogP contribution in [0.5, 0.6) is 0 Å². The Bertz CT molecular complexity index is 404. The quantitative estimate of drug-likeness (QED) is 0.651. The smallest absolute Gasteiger partial charge is 0.307 e. The molecular formula is C10H14N4O3. The van der Waals surface area contributed by atoms with Gasteiger partial charge in [-0.05, 0) is 12.8 Å². The number of carboxylic acids is 1. The minimum Gasteiger partial charge on any atom is -0.481 e. The van der Waals surface area contributed by atoms with Gasteiger partial charge in [0.25, 0.3) is 0 Å². The lowest BCUT2D eigenvalue weighted by molar-refractivity contribution is -0.140. The number of rotatable bonds is 6. The summed E-state index contributed by atoms with van der Waals surface area (Å²) in [4.78, 5) is 22.0. The number of carboxylic acid groups (broad SMARTS) is 1. The molecule has 1 fully saturated rings. The molecule has 1 aromatic heterocycles. The van der Waals surface area contributed by atoms with E-state index < -0.39 is 11.9 Å². The molecular weight excluding hydrogens is 224 g/mol. The van der Waals surface area contributed by atoms with Gasteiger partial charge in [-0.3, -0.25) is 14.3 Å². The van der Waals surface area contributed by atoms with Gasteiger partial charge in [0.1, 0.15) is 0 Å². The molecule has 2 atom stereocenters. The van der Waals surface area contributed by atoms with Gasteiger partial charge in [-0.15, -0.1) is 5.10 Å². The van der Waals surface area contributed by atoms with Gasteiger partial charge in [0.05, 0.1) is 18.0 Å². The Balaban J connectivity index is 1.60. The fourth-order valence-electron chi connectivity index (χ4n) is 1.69. The monoisotopic (exact) mass is 238 g/mol. The first kappa shape index (κ1) is 11.6. The normalized spacial score (nSPS) is 22.1. The van der Waals surface area contributed by atoms with Crippen LogP contribution in [0.15, 0.2) is 12.4 Å². The van der Waals surface area contributed by atoms with Crippen LogP contribution in [0.3, 0.4) is 0 Å². The van der Waals surface area contributed by atoms with Crippen molar-refractivity contribution in [1.82, 2.24) is 20.3 Å². The Labute approximate surface area is 97.8 Å². The maximum Gasteiger partial charge on any atom is 0.307 e. The second kappa shape index (κ2) is 4.94. The van der Waals surface area contributed by atoms with Crippen molar-refractivity contribution in [2.24, 2.45) is 11.8 Å². The zero-order valence-corrected chi connectivity index (χ0v) is 9.24. The summed E-state index contributed by atoms with van der Waals surface area (Å²) in [6.45, 7) is 1.22. The molecule has 1 amide bonds. The van der Waals surface area contributed by atoms with Crippen molar-refractivity contribution in [1.29, 1.82) is 0 Å². The molecule has 0 bridgehead atoms. The van der Waals surface area contributed by atoms with Crippen LogP contribution in [0.1, 0.15) is 12.8 Å². The maximum atomic E-state index is 11.5. The van der Waals surface area contributed by atoms with E-state index in [1.54, 1.807) is 17.1 Å². The van der Waals surface area contributed by atoms with E-state index in [4.69, 9.17) is 5.11 Å². The molecule has 1 saturated carbocycles. The molecule has 17 heavy (non-hydrogen) atoms. The number of carbonyl (C=O) groups is 2. The summed E-state index contributed by atoms with van der Waals surface area (Å²) in [6.07, 6.45) is 4.56. The summed E-state index contributed by atoms with van der Waals surface area (Å²) in [7, 11) is 0. The van der Waals surface area contributed by atoms with E-state index in [1.807, 2.05) is 0 Å². The predicted octanol–water partition coefficient (Wildman–Crippen LogP) is -0.495. The van der Waals surface area contributed by atoms with E-state index in [1.165, 1.54) is 0 Å². The topological polar surface area (TPSA) is 97.1 Å². The number of aromatic nitrogens is 3. The first-order valence-corrected chi connectivity index (χ1v) is 5.53. The zero-order chi connectivity index (χ0) is 12.3. The fourth-order valence-corrected chi connectivity index (χ4v) is 1.69. The highest BCUT2D eigenvalue weighted by molar-refractivity contribution is 5.89. The van der Waals surface area contributed by atoms with Crippen molar-refractivity contribution in [3.8, 4) is 0 Å². The SMILES string of the molecule is O=C(O)[C@H]1C[C@H]1C(=O)NCCCn1ccnn1. The van der Waals surface area contributed by atoms with Gasteiger partial charge in [0.15, 0.2) is 0 Å². The van der Waals surface area contributed by atoms with Crippen molar-refractivity contribution >= 4 is 11.9 Å². The molecule has 0 aromatic carbocycles. The van der Waals surface area contributed by atoms with Crippen LogP contribution in [-0.4, -0.2) is 38.5 Å². The number of aryl methyl sites for hydroxylation is 1. The van der Waals surface area contributed by atoms with E-state index >= 15 is 0 Å². The van der Waals surface area contributed by atoms with Gasteiger partial charge in [-0.25, -0.2) is 0 Å². The second-order valence-corrected chi connectivity index (χ2v) is 4.10. The van der Waals surface area contributed by atoms with Crippen LogP contribution in [0.4, 0.5) is 0 Å². The molecule has 1 aliphatic carbocycles. The Hall–Kier alpha value is -1.92. The Kier molecular flexibility index (Phi) is 3.36. The molecule has 0 radical (unpaired) electrons. The van der Waals surface area contributed by atoms with Gasteiger partial charge < -0.3 is 10.4 Å². The first-order valence-electron chi connectivity index (χ1n) is 5.53. The number of nitrogens with zero attached hydrogens (tertiary/aromatic N) is 3. The van der Waals surface area contributed by atoms with Gasteiger partial charge in [-0.1, -0.05) is 5.21 Å². The van der Waals surface area contributed by atoms with E-state index in [-0.39, 0.29) is 11.8 Å². The number of carbonyl (C=O) groups excluding carboxylic acids is 1. The molecule has 1 aromatic rings. The Morgan fingerprint density at radius 1 is 1.47 bits per heavy atom. The minimum absolute atomic E-state index is 0.156. The van der Waals surface area contributed by atoms with Crippen molar-refractivity contribution in [3.63, 3.8) is 0 Å². The van der Waals surface area contributed by atoms with E-state index in [2.05, 4.69) is 15.6 Å². The third-order valence-corrected chi connectivity index (χ3v) is 2.78. The highest BCUT2D eigenvalue weighted by atomic mass is 16.4. The first-order chi connectivity index (χ1) is 8.18. The molecule has 2 rings (SSSR count). The van der Waals surface area contributed by atoms with Crippen LogP contribution < -0.4 is 5.32 Å². The van der Waals surface area contributed by atoms with Gasteiger partial charge in [0.2, 0.25) is 5.91 Å². The number of hydrogen-bond donors (Lipinski definition) is 2. The zero-order valence-electron chi connectivity index (χ0n) is 9.24. The van der Waals surface area contributed by atoms with E-state index in [9.17, 15) is 9.59 Å². The van der Waals surface area contributed by atoms with Crippen molar-refractivity contribution in [3.05, 3.63) is 12.4 Å². The van der Waals surface area contributed by atoms with Crippen LogP contribution in [0, 0.1) is 11.8 Å². The fraction of sp³-hybridized carbons (Fsp3) is 0.600. The van der Waals surface area contributed by atoms with E-state index in [0.717, 1.165) is 6.42 Å². The highest BCUT2D eigenvalue weighted by Gasteiger charge is 2.48. The molecule has 92 valence electrons. The lowest BCUT2D eigenvalue weighted by Gasteiger charge is -2.04. The number of nitrogens with one attached hydrogen (secondary N) is 1. The molecule has 0 saturated heterocycles. The summed E-state index contributed by atoms with van der Waals surface area (Å²) < 4.78 is 1.68. The lowest BCUT2D eigenvalue weighted by Crippen LogP contribution is -2.28. The summed E-state index contributed by atoms with van der Waals surface area (Å²) in [5, 5.41) is 18.9. The van der Waals surface area contributed by atoms with Crippen molar-refractivity contribution < 1.29 is 14.7 Å². The standard InChI is InChI=1S/C10H14N4O3/c15-9(7-6-8(7)10(16)17)11-2-1-4-14-5-3-12-13-14/h3,5,7-8H,1-2,4,6H2,(H,11,15)(H,16,17)/t7-,8+/m1/s1. The van der Waals surface area contributed by atoms with Gasteiger partial charge >= 0.3 is 5.97 Å². The Morgan fingerprint density at radius 3 is 2.88 bits per heavy atom. The van der Waals surface area contributed by atoms with Gasteiger partial charge in [-0.2, -0.15) is 0 Å². The average molecular weight is 238 g/mol. The average Bonchev–Trinajstić information content (AvgIpc) is 2.95. The van der Waals surface area contributed by atoms with Crippen LogP contribution >= 0.6 is 0 Å². The molecule has 1 aliphatic rings. The van der Waals surface area contributed by atoms with Crippen LogP contribution in [0.2, 0.25) is 0 Å². The Morgan fingerprint density at radius 2 is 2.29 bits per heavy atom. The molecule has 0 aliphatic heterocycles. The third-order valence-electron chi connectivity index (χ3n) is 2.78. The number of amides is 1. The molecule has 0 spiro atoms. The number of aliphatic carboxylic acids is 1. The minimum atomic E-state index is -0.882. The molecule has 0 unspecified atom stereocenters. The van der Waals surface area contributed by atoms with Crippen LogP contribution in [-0.2, 0) is 16.1 Å². The molecule has 7 nitrogen and oxygen atoms in total. The molecule has 1 heterocycles. The third kappa shape index (κ3) is 3.02. The predicted molar refractivity (Wildman–Crippen MR) is 56.9 cm³/mol. The molecule has 7 heteroatoms. The summed E-state index contributed by atoms with van der Waals surface area (Å²) in [5.41, 5.74) is 0. The lowest BCUT2D eigenvalue weighted by atomic mass is 10.3. The van der Waals surface area contributed by atoms with Crippen molar-refractivity contribution in [2.45, 2.75) is 19.4 Å².